The Morgan fingerprint density at radius 3 is 2.29 bits per heavy atom. The molecule has 0 radical (unpaired) electrons. The van der Waals surface area contributed by atoms with Crippen LogP contribution < -0.4 is 0 Å². The van der Waals surface area contributed by atoms with Crippen molar-refractivity contribution in [1.82, 2.24) is 4.90 Å². The van der Waals surface area contributed by atoms with E-state index in [2.05, 4.69) is 4.99 Å². The molecule has 9 heteroatoms. The number of amides is 1. The normalized spacial score (nSPS) is 15.8. The second-order valence-corrected chi connectivity index (χ2v) is 8.32. The van der Waals surface area contributed by atoms with Gasteiger partial charge in [0, 0.05) is 0 Å². The van der Waals surface area contributed by atoms with Gasteiger partial charge in [0.15, 0.2) is 5.17 Å². The molecule has 1 aliphatic rings. The first-order chi connectivity index (χ1) is 16.3. The Bertz CT molecular complexity index is 1330. The zero-order chi connectivity index (χ0) is 24.2. The molecule has 1 saturated heterocycles. The van der Waals surface area contributed by atoms with E-state index in [9.17, 15) is 24.6 Å². The summed E-state index contributed by atoms with van der Waals surface area (Å²) in [6.45, 7) is 0.171. The van der Waals surface area contributed by atoms with Gasteiger partial charge >= 0.3 is 11.9 Å². The minimum absolute atomic E-state index is 0.145. The summed E-state index contributed by atoms with van der Waals surface area (Å²) in [5.74, 6) is -3.00. The number of carboxylic acids is 2. The van der Waals surface area contributed by atoms with E-state index in [1.165, 1.54) is 35.2 Å². The zero-order valence-electron chi connectivity index (χ0n) is 17.6. The molecule has 0 spiro atoms. The van der Waals surface area contributed by atoms with Crippen LogP contribution in [0, 0.1) is 0 Å². The summed E-state index contributed by atoms with van der Waals surface area (Å²) in [6, 6.07) is 19.4. The number of carboxylic acid groups (broad SMARTS) is 2. The summed E-state index contributed by atoms with van der Waals surface area (Å²) in [5, 5.41) is 28.5. The van der Waals surface area contributed by atoms with Crippen molar-refractivity contribution in [2.24, 2.45) is 4.99 Å². The second-order valence-electron chi connectivity index (χ2n) is 7.32. The third-order valence-corrected chi connectivity index (χ3v) is 5.97. The quantitative estimate of drug-likeness (QED) is 0.446. The number of carbonyl (C=O) groups is 3. The lowest BCUT2D eigenvalue weighted by Gasteiger charge is -2.16. The summed E-state index contributed by atoms with van der Waals surface area (Å²) in [6.07, 6.45) is 1.55. The lowest BCUT2D eigenvalue weighted by molar-refractivity contribution is -0.122. The minimum atomic E-state index is -1.28. The fraction of sp³-hybridized carbons (Fsp3) is 0.0400. The molecule has 1 amide bonds. The largest absolute Gasteiger partial charge is 0.507 e. The van der Waals surface area contributed by atoms with Crippen molar-refractivity contribution in [3.8, 4) is 5.75 Å². The second kappa shape index (κ2) is 9.63. The number of hydrogen-bond donors (Lipinski definition) is 3. The van der Waals surface area contributed by atoms with Crippen molar-refractivity contribution < 1.29 is 29.7 Å². The van der Waals surface area contributed by atoms with Crippen LogP contribution in [0.2, 0.25) is 0 Å². The van der Waals surface area contributed by atoms with Crippen LogP contribution in [0.4, 0.5) is 5.69 Å². The number of phenols is 1. The van der Waals surface area contributed by atoms with E-state index in [-0.39, 0.29) is 29.3 Å². The Morgan fingerprint density at radius 1 is 0.941 bits per heavy atom. The summed E-state index contributed by atoms with van der Waals surface area (Å²) in [5.41, 5.74) is 1.70. The van der Waals surface area contributed by atoms with Crippen LogP contribution in [0.5, 0.6) is 5.75 Å². The Morgan fingerprint density at radius 2 is 1.65 bits per heavy atom. The summed E-state index contributed by atoms with van der Waals surface area (Å²) >= 11 is 1.15. The van der Waals surface area contributed by atoms with Crippen molar-refractivity contribution in [2.45, 2.75) is 6.54 Å². The van der Waals surface area contributed by atoms with Gasteiger partial charge in [0.05, 0.1) is 22.7 Å². The number of para-hydroxylation sites is 1. The highest BCUT2D eigenvalue weighted by Gasteiger charge is 2.33. The van der Waals surface area contributed by atoms with E-state index in [0.29, 0.717) is 21.3 Å². The monoisotopic (exact) mass is 474 g/mol. The molecule has 34 heavy (non-hydrogen) atoms. The summed E-state index contributed by atoms with van der Waals surface area (Å²) in [7, 11) is 0. The van der Waals surface area contributed by atoms with Crippen LogP contribution in [0.3, 0.4) is 0 Å². The highest BCUT2D eigenvalue weighted by Crippen LogP contribution is 2.35. The maximum Gasteiger partial charge on any atom is 0.339 e. The van der Waals surface area contributed by atoms with E-state index >= 15 is 0 Å². The maximum absolute atomic E-state index is 13.3. The molecule has 3 N–H and O–H groups in total. The number of benzene rings is 3. The van der Waals surface area contributed by atoms with Gasteiger partial charge in [-0.25, -0.2) is 14.6 Å². The Kier molecular flexibility index (Phi) is 6.46. The molecule has 1 fully saturated rings. The Hall–Kier alpha value is -4.37. The highest BCUT2D eigenvalue weighted by atomic mass is 32.2. The predicted octanol–water partition coefficient (Wildman–Crippen LogP) is 4.59. The minimum Gasteiger partial charge on any atom is -0.507 e. The average Bonchev–Trinajstić information content (AvgIpc) is 3.10. The first-order valence-corrected chi connectivity index (χ1v) is 10.9. The number of aliphatic imine (C=N–C) groups is 1. The number of rotatable bonds is 6. The van der Waals surface area contributed by atoms with Crippen molar-refractivity contribution in [2.75, 3.05) is 0 Å². The maximum atomic E-state index is 13.3. The predicted molar refractivity (Wildman–Crippen MR) is 128 cm³/mol. The van der Waals surface area contributed by atoms with Crippen molar-refractivity contribution in [3.05, 3.63) is 100.0 Å². The van der Waals surface area contributed by atoms with Gasteiger partial charge in [0.2, 0.25) is 0 Å². The molecule has 0 unspecified atom stereocenters. The van der Waals surface area contributed by atoms with Gasteiger partial charge in [-0.2, -0.15) is 0 Å². The first-order valence-electron chi connectivity index (χ1n) is 10.1. The molecule has 0 saturated carbocycles. The van der Waals surface area contributed by atoms with Crippen LogP contribution in [-0.4, -0.2) is 43.2 Å². The van der Waals surface area contributed by atoms with Gasteiger partial charge in [0.25, 0.3) is 5.91 Å². The van der Waals surface area contributed by atoms with Gasteiger partial charge < -0.3 is 15.3 Å². The van der Waals surface area contributed by atoms with Crippen LogP contribution in [0.15, 0.2) is 82.7 Å². The highest BCUT2D eigenvalue weighted by molar-refractivity contribution is 8.18. The molecule has 0 aliphatic carbocycles. The summed E-state index contributed by atoms with van der Waals surface area (Å²) < 4.78 is 0. The van der Waals surface area contributed by atoms with E-state index < -0.39 is 11.9 Å². The van der Waals surface area contributed by atoms with Crippen molar-refractivity contribution in [1.29, 1.82) is 0 Å². The number of thioether (sulfide) groups is 1. The molecule has 1 heterocycles. The molecular formula is C25H18N2O6S. The van der Waals surface area contributed by atoms with Crippen LogP contribution >= 0.6 is 11.8 Å². The molecule has 0 bridgehead atoms. The number of aromatic carboxylic acids is 2. The molecular weight excluding hydrogens is 456 g/mol. The van der Waals surface area contributed by atoms with Crippen molar-refractivity contribution in [3.63, 3.8) is 0 Å². The Labute approximate surface area is 198 Å². The fourth-order valence-electron chi connectivity index (χ4n) is 3.25. The molecule has 0 aromatic heterocycles. The third kappa shape index (κ3) is 5.00. The number of amidine groups is 1. The molecule has 3 aromatic carbocycles. The lowest BCUT2D eigenvalue weighted by Crippen LogP contribution is -2.28. The van der Waals surface area contributed by atoms with E-state index in [4.69, 9.17) is 5.11 Å². The van der Waals surface area contributed by atoms with Gasteiger partial charge in [-0.1, -0.05) is 36.4 Å². The van der Waals surface area contributed by atoms with E-state index in [1.807, 2.05) is 18.2 Å². The molecule has 170 valence electrons. The molecule has 0 atom stereocenters. The fourth-order valence-corrected chi connectivity index (χ4v) is 4.24. The average molecular weight is 474 g/mol. The number of carbonyl (C=O) groups excluding carboxylic acids is 1. The van der Waals surface area contributed by atoms with Gasteiger partial charge in [0.1, 0.15) is 11.3 Å². The third-order valence-electron chi connectivity index (χ3n) is 4.96. The van der Waals surface area contributed by atoms with Crippen LogP contribution in [-0.2, 0) is 11.3 Å². The van der Waals surface area contributed by atoms with E-state index in [0.717, 1.165) is 17.3 Å². The number of nitrogens with zero attached hydrogens (tertiary/aromatic N) is 2. The molecule has 1 aliphatic heterocycles. The topological polar surface area (TPSA) is 128 Å². The molecule has 8 nitrogen and oxygen atoms in total. The van der Waals surface area contributed by atoms with Gasteiger partial charge in [-0.05, 0) is 65.4 Å². The number of hydrogen-bond acceptors (Lipinski definition) is 6. The Balaban J connectivity index is 1.69. The van der Waals surface area contributed by atoms with Crippen molar-refractivity contribution >= 4 is 46.5 Å². The van der Waals surface area contributed by atoms with Gasteiger partial charge in [-0.3, -0.25) is 9.69 Å². The zero-order valence-corrected chi connectivity index (χ0v) is 18.4. The number of aromatic hydroxyl groups is 1. The molecule has 3 aromatic rings. The first kappa shape index (κ1) is 22.8. The van der Waals surface area contributed by atoms with E-state index in [1.54, 1.807) is 30.3 Å². The van der Waals surface area contributed by atoms with Crippen LogP contribution in [0.1, 0.15) is 31.8 Å². The smallest absolute Gasteiger partial charge is 0.339 e. The van der Waals surface area contributed by atoms with Gasteiger partial charge in [-0.15, -0.1) is 0 Å². The standard InChI is InChI=1S/C25H18N2O6S/c28-20-11-8-16(12-19(20)24(32)33)13-21-22(29)27(14-15-6-9-17(10-7-15)23(30)31)25(34-21)26-18-4-2-1-3-5-18/h1-13,28H,14H2,(H,30,31)(H,32,33)/b21-13-,26-25?. The van der Waals surface area contributed by atoms with Crippen LogP contribution in [0.25, 0.3) is 6.08 Å². The SMILES string of the molecule is O=C(O)c1ccc(CN2C(=O)/C(=C/c3ccc(O)c(C(=O)O)c3)SC2=Nc2ccccc2)cc1. The summed E-state index contributed by atoms with van der Waals surface area (Å²) in [4.78, 5) is 42.1. The molecule has 4 rings (SSSR count). The lowest BCUT2D eigenvalue weighted by atomic mass is 10.1.